The van der Waals surface area contributed by atoms with Crippen LogP contribution in [0.5, 0.6) is 5.75 Å². The number of nitrogens with two attached hydrogens (primary N) is 1. The molecule has 3 amide bonds. The van der Waals surface area contributed by atoms with Crippen LogP contribution in [0.4, 0.5) is 10.5 Å². The van der Waals surface area contributed by atoms with Gasteiger partial charge in [0.2, 0.25) is 5.91 Å². The monoisotopic (exact) mass is 423 g/mol. The van der Waals surface area contributed by atoms with Crippen LogP contribution in [0.15, 0.2) is 59.8 Å². The van der Waals surface area contributed by atoms with Gasteiger partial charge in [-0.3, -0.25) is 4.79 Å². The lowest BCUT2D eigenvalue weighted by Gasteiger charge is -2.16. The van der Waals surface area contributed by atoms with E-state index in [-0.39, 0.29) is 12.5 Å². The first-order valence-corrected chi connectivity index (χ1v) is 9.66. The van der Waals surface area contributed by atoms with E-state index in [1.165, 1.54) is 18.0 Å². The highest BCUT2D eigenvalue weighted by atomic mass is 16.5. The largest absolute Gasteiger partial charge is 0.491 e. The van der Waals surface area contributed by atoms with Crippen molar-refractivity contribution in [3.63, 3.8) is 0 Å². The second-order valence-corrected chi connectivity index (χ2v) is 7.02. The van der Waals surface area contributed by atoms with Crippen LogP contribution < -0.4 is 20.8 Å². The Morgan fingerprint density at radius 1 is 1.26 bits per heavy atom. The maximum Gasteiger partial charge on any atom is 0.332 e. The van der Waals surface area contributed by atoms with Crippen LogP contribution in [-0.4, -0.2) is 47.6 Å². The number of nitrogens with zero attached hydrogens (tertiary/aromatic N) is 3. The summed E-state index contributed by atoms with van der Waals surface area (Å²) in [5.74, 6) is 0.542. The number of amides is 3. The second-order valence-electron chi connectivity index (χ2n) is 7.02. The maximum atomic E-state index is 11.4. The van der Waals surface area contributed by atoms with Crippen molar-refractivity contribution in [1.82, 2.24) is 9.99 Å². The minimum absolute atomic E-state index is 0.0575. The fourth-order valence-corrected chi connectivity index (χ4v) is 3.11. The van der Waals surface area contributed by atoms with Crippen molar-refractivity contribution in [3.8, 4) is 5.75 Å². The van der Waals surface area contributed by atoms with Crippen molar-refractivity contribution >= 4 is 34.7 Å². The summed E-state index contributed by atoms with van der Waals surface area (Å²) < 4.78 is 7.59. The van der Waals surface area contributed by atoms with E-state index >= 15 is 0 Å². The van der Waals surface area contributed by atoms with Crippen LogP contribution in [0.1, 0.15) is 12.5 Å². The summed E-state index contributed by atoms with van der Waals surface area (Å²) in [7, 11) is 1.70. The van der Waals surface area contributed by atoms with Crippen molar-refractivity contribution < 1.29 is 19.4 Å². The number of aliphatic hydroxyl groups is 1. The van der Waals surface area contributed by atoms with Gasteiger partial charge in [-0.1, -0.05) is 18.2 Å². The number of rotatable bonds is 8. The SMILES string of the molecule is CC(=O)N(C)c1ccc(OCC(O)Cn2cc(/C=N\NC(N)=O)c3ccccc32)cc1. The van der Waals surface area contributed by atoms with Crippen molar-refractivity contribution in [1.29, 1.82) is 0 Å². The summed E-state index contributed by atoms with van der Waals surface area (Å²) >= 11 is 0. The number of aliphatic hydroxyl groups excluding tert-OH is 1. The third-order valence-electron chi connectivity index (χ3n) is 4.74. The topological polar surface area (TPSA) is 122 Å². The molecule has 3 aromatic rings. The van der Waals surface area contributed by atoms with Gasteiger partial charge >= 0.3 is 6.03 Å². The highest BCUT2D eigenvalue weighted by Gasteiger charge is 2.12. The van der Waals surface area contributed by atoms with Crippen molar-refractivity contribution in [3.05, 3.63) is 60.3 Å². The summed E-state index contributed by atoms with van der Waals surface area (Å²) in [5, 5.41) is 15.2. The fraction of sp³-hybridized carbons (Fsp3) is 0.227. The Morgan fingerprint density at radius 2 is 1.97 bits per heavy atom. The maximum absolute atomic E-state index is 11.4. The number of benzene rings is 2. The molecule has 9 nitrogen and oxygen atoms in total. The Labute approximate surface area is 179 Å². The Hall–Kier alpha value is -3.85. The molecule has 0 aliphatic carbocycles. The van der Waals surface area contributed by atoms with E-state index < -0.39 is 12.1 Å². The lowest BCUT2D eigenvalue weighted by Crippen LogP contribution is -2.24. The first kappa shape index (κ1) is 21.8. The molecule has 162 valence electrons. The van der Waals surface area contributed by atoms with E-state index in [4.69, 9.17) is 10.5 Å². The molecule has 0 bridgehead atoms. The average Bonchev–Trinajstić information content (AvgIpc) is 3.09. The molecule has 1 heterocycles. The molecule has 0 saturated carbocycles. The van der Waals surface area contributed by atoms with Crippen LogP contribution in [0, 0.1) is 0 Å². The van der Waals surface area contributed by atoms with Crippen LogP contribution >= 0.6 is 0 Å². The Bertz CT molecular complexity index is 1090. The van der Waals surface area contributed by atoms with E-state index in [2.05, 4.69) is 10.5 Å². The van der Waals surface area contributed by atoms with Gasteiger partial charge in [0.05, 0.1) is 12.8 Å². The lowest BCUT2D eigenvalue weighted by molar-refractivity contribution is -0.116. The molecule has 4 N–H and O–H groups in total. The Morgan fingerprint density at radius 3 is 2.65 bits per heavy atom. The first-order chi connectivity index (χ1) is 14.8. The van der Waals surface area contributed by atoms with Crippen LogP contribution in [-0.2, 0) is 11.3 Å². The highest BCUT2D eigenvalue weighted by molar-refractivity contribution is 5.99. The van der Waals surface area contributed by atoms with Gasteiger partial charge in [-0.15, -0.1) is 0 Å². The third kappa shape index (κ3) is 5.61. The van der Waals surface area contributed by atoms with Crippen molar-refractivity contribution in [2.24, 2.45) is 10.8 Å². The smallest absolute Gasteiger partial charge is 0.332 e. The molecular weight excluding hydrogens is 398 g/mol. The number of urea groups is 1. The van der Waals surface area contributed by atoms with Crippen LogP contribution in [0.25, 0.3) is 10.9 Å². The van der Waals surface area contributed by atoms with Crippen LogP contribution in [0.3, 0.4) is 0 Å². The van der Waals surface area contributed by atoms with Crippen LogP contribution in [0.2, 0.25) is 0 Å². The summed E-state index contributed by atoms with van der Waals surface area (Å²) in [5.41, 5.74) is 9.66. The van der Waals surface area contributed by atoms with E-state index in [1.54, 1.807) is 31.3 Å². The van der Waals surface area contributed by atoms with E-state index in [9.17, 15) is 14.7 Å². The zero-order chi connectivity index (χ0) is 22.4. The fourth-order valence-electron chi connectivity index (χ4n) is 3.11. The molecule has 1 atom stereocenters. The molecule has 0 aliphatic rings. The summed E-state index contributed by atoms with van der Waals surface area (Å²) in [4.78, 5) is 23.8. The number of carbonyl (C=O) groups is 2. The molecule has 0 saturated heterocycles. The second kappa shape index (κ2) is 9.77. The number of aromatic nitrogens is 1. The van der Waals surface area contributed by atoms with Gasteiger partial charge in [0.1, 0.15) is 18.5 Å². The quantitative estimate of drug-likeness (QED) is 0.379. The standard InChI is InChI=1S/C22H25N5O4/c1-15(28)26(2)17-7-9-19(10-8-17)31-14-18(29)13-27-12-16(11-24-25-22(23)30)20-5-3-4-6-21(20)27/h3-12,18,29H,13-14H2,1-2H3,(H3,23,25,30)/b24-11-. The summed E-state index contributed by atoms with van der Waals surface area (Å²) in [6.45, 7) is 1.90. The van der Waals surface area contributed by atoms with E-state index in [0.29, 0.717) is 12.3 Å². The Balaban J connectivity index is 1.65. The lowest BCUT2D eigenvalue weighted by atomic mass is 10.2. The summed E-state index contributed by atoms with van der Waals surface area (Å²) in [6.07, 6.45) is 2.59. The number of primary amides is 1. The molecule has 1 aromatic heterocycles. The van der Waals surface area contributed by atoms with E-state index in [1.807, 2.05) is 35.0 Å². The predicted octanol–water partition coefficient (Wildman–Crippen LogP) is 2.07. The minimum Gasteiger partial charge on any atom is -0.491 e. The molecule has 2 aromatic carbocycles. The van der Waals surface area contributed by atoms with Gasteiger partial charge in [0, 0.05) is 42.3 Å². The molecule has 0 spiro atoms. The molecule has 3 rings (SSSR count). The minimum atomic E-state index is -0.760. The van der Waals surface area contributed by atoms with Gasteiger partial charge in [-0.2, -0.15) is 5.10 Å². The zero-order valence-corrected chi connectivity index (χ0v) is 17.4. The average molecular weight is 423 g/mol. The number of hydrogen-bond acceptors (Lipinski definition) is 5. The first-order valence-electron chi connectivity index (χ1n) is 9.66. The molecule has 31 heavy (non-hydrogen) atoms. The molecule has 0 fully saturated rings. The van der Waals surface area contributed by atoms with Gasteiger partial charge in [0.15, 0.2) is 0 Å². The van der Waals surface area contributed by atoms with Gasteiger partial charge in [-0.25, -0.2) is 10.2 Å². The molecule has 0 radical (unpaired) electrons. The van der Waals surface area contributed by atoms with Crippen molar-refractivity contribution in [2.45, 2.75) is 19.6 Å². The third-order valence-corrected chi connectivity index (χ3v) is 4.74. The molecule has 0 aliphatic heterocycles. The highest BCUT2D eigenvalue weighted by Crippen LogP contribution is 2.21. The van der Waals surface area contributed by atoms with Gasteiger partial charge in [0.25, 0.3) is 0 Å². The zero-order valence-electron chi connectivity index (χ0n) is 17.4. The number of fused-ring (bicyclic) bond motifs is 1. The normalized spacial score (nSPS) is 12.1. The Kier molecular flexibility index (Phi) is 6.88. The molecule has 9 heteroatoms. The number of anilines is 1. The number of nitrogens with one attached hydrogen (secondary N) is 1. The number of para-hydroxylation sites is 1. The number of hydrogen-bond donors (Lipinski definition) is 3. The van der Waals surface area contributed by atoms with Gasteiger partial charge < -0.3 is 25.0 Å². The van der Waals surface area contributed by atoms with Crippen molar-refractivity contribution in [2.75, 3.05) is 18.6 Å². The molecule has 1 unspecified atom stereocenters. The number of ether oxygens (including phenoxy) is 1. The summed E-state index contributed by atoms with van der Waals surface area (Å²) in [6, 6.07) is 14.0. The van der Waals surface area contributed by atoms with Gasteiger partial charge in [-0.05, 0) is 30.3 Å². The number of carbonyl (C=O) groups excluding carboxylic acids is 2. The molecular formula is C22H25N5O4. The predicted molar refractivity (Wildman–Crippen MR) is 119 cm³/mol. The number of hydrazone groups is 1. The van der Waals surface area contributed by atoms with E-state index in [0.717, 1.165) is 22.2 Å².